The third-order valence-electron chi connectivity index (χ3n) is 3.93. The van der Waals surface area contributed by atoms with Crippen molar-refractivity contribution in [1.29, 1.82) is 0 Å². The molecular weight excluding hydrogens is 336 g/mol. The summed E-state index contributed by atoms with van der Waals surface area (Å²) in [7, 11) is 1.65. The van der Waals surface area contributed by atoms with E-state index in [1.807, 2.05) is 48.5 Å². The maximum atomic E-state index is 11.8. The van der Waals surface area contributed by atoms with E-state index in [0.717, 1.165) is 30.2 Å². The number of rotatable bonds is 10. The van der Waals surface area contributed by atoms with Crippen LogP contribution >= 0.6 is 11.6 Å². The smallest absolute Gasteiger partial charge is 0.221 e. The summed E-state index contributed by atoms with van der Waals surface area (Å²) in [5.74, 6) is 0.921. The number of ether oxygens (including phenoxy) is 1. The molecule has 2 N–H and O–H groups in total. The Hall–Kier alpha value is -2.04. The van der Waals surface area contributed by atoms with Gasteiger partial charge in [-0.3, -0.25) is 4.79 Å². The minimum atomic E-state index is 0.0764. The lowest BCUT2D eigenvalue weighted by atomic mass is 10.1. The highest BCUT2D eigenvalue weighted by Crippen LogP contribution is 2.11. The maximum Gasteiger partial charge on any atom is 0.221 e. The Kier molecular flexibility index (Phi) is 8.29. The van der Waals surface area contributed by atoms with Gasteiger partial charge < -0.3 is 15.4 Å². The molecule has 0 spiro atoms. The number of halogens is 1. The van der Waals surface area contributed by atoms with Crippen molar-refractivity contribution in [3.05, 3.63) is 64.7 Å². The van der Waals surface area contributed by atoms with Crippen LogP contribution in [0.25, 0.3) is 0 Å². The topological polar surface area (TPSA) is 50.4 Å². The predicted molar refractivity (Wildman–Crippen MR) is 102 cm³/mol. The Labute approximate surface area is 154 Å². The van der Waals surface area contributed by atoms with Gasteiger partial charge in [0.25, 0.3) is 0 Å². The summed E-state index contributed by atoms with van der Waals surface area (Å²) in [5.41, 5.74) is 2.42. The summed E-state index contributed by atoms with van der Waals surface area (Å²) in [6.45, 7) is 2.18. The molecule has 5 heteroatoms. The van der Waals surface area contributed by atoms with Crippen LogP contribution in [0.4, 0.5) is 0 Å². The van der Waals surface area contributed by atoms with Crippen molar-refractivity contribution in [2.75, 3.05) is 26.7 Å². The number of methoxy groups -OCH3 is 1. The first-order valence-electron chi connectivity index (χ1n) is 8.52. The number of benzene rings is 2. The number of carbonyl (C=O) groups is 1. The van der Waals surface area contributed by atoms with Crippen molar-refractivity contribution in [3.8, 4) is 5.75 Å². The van der Waals surface area contributed by atoms with E-state index >= 15 is 0 Å². The molecule has 2 aromatic rings. The Bertz CT molecular complexity index is 642. The van der Waals surface area contributed by atoms with E-state index in [1.165, 1.54) is 11.1 Å². The molecule has 134 valence electrons. The third kappa shape index (κ3) is 7.59. The second-order valence-corrected chi connectivity index (χ2v) is 6.26. The largest absolute Gasteiger partial charge is 0.497 e. The fourth-order valence-electron chi connectivity index (χ4n) is 2.44. The van der Waals surface area contributed by atoms with E-state index in [4.69, 9.17) is 16.3 Å². The fourth-order valence-corrected chi connectivity index (χ4v) is 2.56. The van der Waals surface area contributed by atoms with Gasteiger partial charge in [-0.25, -0.2) is 0 Å². The van der Waals surface area contributed by atoms with Crippen molar-refractivity contribution in [3.63, 3.8) is 0 Å². The van der Waals surface area contributed by atoms with Crippen LogP contribution < -0.4 is 15.4 Å². The lowest BCUT2D eigenvalue weighted by Gasteiger charge is -2.07. The van der Waals surface area contributed by atoms with Crippen molar-refractivity contribution in [2.24, 2.45) is 0 Å². The molecular formula is C20H25ClN2O2. The summed E-state index contributed by atoms with van der Waals surface area (Å²) < 4.78 is 5.13. The van der Waals surface area contributed by atoms with Gasteiger partial charge in [0.05, 0.1) is 7.11 Å². The zero-order valence-corrected chi connectivity index (χ0v) is 15.3. The quantitative estimate of drug-likeness (QED) is 0.639. The van der Waals surface area contributed by atoms with Crippen molar-refractivity contribution < 1.29 is 9.53 Å². The summed E-state index contributed by atoms with van der Waals surface area (Å²) in [4.78, 5) is 11.8. The standard InChI is InChI=1S/C20H25ClN2O2/c1-25-19-8-4-17(5-9-19)11-15-23-20(24)12-14-22-13-10-16-2-6-18(21)7-3-16/h2-9,22H,10-15H2,1H3,(H,23,24). The molecule has 0 fully saturated rings. The first-order valence-corrected chi connectivity index (χ1v) is 8.90. The highest BCUT2D eigenvalue weighted by molar-refractivity contribution is 6.30. The molecule has 0 saturated heterocycles. The Morgan fingerprint density at radius 3 is 2.16 bits per heavy atom. The second kappa shape index (κ2) is 10.7. The normalized spacial score (nSPS) is 10.5. The first-order chi connectivity index (χ1) is 12.2. The molecule has 2 aromatic carbocycles. The third-order valence-corrected chi connectivity index (χ3v) is 4.18. The molecule has 0 atom stereocenters. The SMILES string of the molecule is COc1ccc(CCNC(=O)CCNCCc2ccc(Cl)cc2)cc1. The van der Waals surface area contributed by atoms with E-state index in [2.05, 4.69) is 10.6 Å². The van der Waals surface area contributed by atoms with Gasteiger partial charge in [-0.05, 0) is 54.8 Å². The van der Waals surface area contributed by atoms with Gasteiger partial charge >= 0.3 is 0 Å². The molecule has 0 unspecified atom stereocenters. The summed E-state index contributed by atoms with van der Waals surface area (Å²) in [6.07, 6.45) is 2.24. The highest BCUT2D eigenvalue weighted by Gasteiger charge is 2.01. The predicted octanol–water partition coefficient (Wildman–Crippen LogP) is 3.23. The summed E-state index contributed by atoms with van der Waals surface area (Å²) in [6, 6.07) is 15.7. The molecule has 0 bridgehead atoms. The molecule has 0 radical (unpaired) electrons. The van der Waals surface area contributed by atoms with Crippen LogP contribution in [0.1, 0.15) is 17.5 Å². The summed E-state index contributed by atoms with van der Waals surface area (Å²) >= 11 is 5.86. The monoisotopic (exact) mass is 360 g/mol. The lowest BCUT2D eigenvalue weighted by molar-refractivity contribution is -0.120. The average Bonchev–Trinajstić information content (AvgIpc) is 2.63. The zero-order valence-electron chi connectivity index (χ0n) is 14.6. The number of nitrogens with one attached hydrogen (secondary N) is 2. The van der Waals surface area contributed by atoms with E-state index in [1.54, 1.807) is 7.11 Å². The Morgan fingerprint density at radius 2 is 1.52 bits per heavy atom. The highest BCUT2D eigenvalue weighted by atomic mass is 35.5. The molecule has 0 aliphatic carbocycles. The number of hydrogen-bond acceptors (Lipinski definition) is 3. The minimum Gasteiger partial charge on any atom is -0.497 e. The van der Waals surface area contributed by atoms with Gasteiger partial charge in [0, 0.05) is 24.5 Å². The molecule has 0 saturated carbocycles. The van der Waals surface area contributed by atoms with Gasteiger partial charge in [0.2, 0.25) is 5.91 Å². The van der Waals surface area contributed by atoms with Crippen molar-refractivity contribution in [2.45, 2.75) is 19.3 Å². The van der Waals surface area contributed by atoms with Crippen LogP contribution in [0, 0.1) is 0 Å². The Morgan fingerprint density at radius 1 is 0.920 bits per heavy atom. The number of hydrogen-bond donors (Lipinski definition) is 2. The van der Waals surface area contributed by atoms with E-state index < -0.39 is 0 Å². The fraction of sp³-hybridized carbons (Fsp3) is 0.350. The first kappa shape index (κ1) is 19.3. The van der Waals surface area contributed by atoms with Crippen LogP contribution in [0.15, 0.2) is 48.5 Å². The molecule has 0 heterocycles. The maximum absolute atomic E-state index is 11.8. The van der Waals surface area contributed by atoms with E-state index in [0.29, 0.717) is 19.5 Å². The van der Waals surface area contributed by atoms with Crippen LogP contribution in [-0.4, -0.2) is 32.7 Å². The van der Waals surface area contributed by atoms with Gasteiger partial charge in [-0.1, -0.05) is 35.9 Å². The molecule has 2 rings (SSSR count). The molecule has 0 aliphatic heterocycles. The van der Waals surface area contributed by atoms with Gasteiger partial charge in [-0.2, -0.15) is 0 Å². The van der Waals surface area contributed by atoms with Gasteiger partial charge in [0.15, 0.2) is 0 Å². The zero-order chi connectivity index (χ0) is 17.9. The molecule has 4 nitrogen and oxygen atoms in total. The molecule has 0 aliphatic rings. The average molecular weight is 361 g/mol. The van der Waals surface area contributed by atoms with Crippen LogP contribution in [0.5, 0.6) is 5.75 Å². The molecule has 25 heavy (non-hydrogen) atoms. The van der Waals surface area contributed by atoms with Crippen LogP contribution in [-0.2, 0) is 17.6 Å². The van der Waals surface area contributed by atoms with Gasteiger partial charge in [-0.15, -0.1) is 0 Å². The van der Waals surface area contributed by atoms with Crippen molar-refractivity contribution in [1.82, 2.24) is 10.6 Å². The van der Waals surface area contributed by atoms with E-state index in [9.17, 15) is 4.79 Å². The van der Waals surface area contributed by atoms with Crippen molar-refractivity contribution >= 4 is 17.5 Å². The van der Waals surface area contributed by atoms with Crippen LogP contribution in [0.3, 0.4) is 0 Å². The second-order valence-electron chi connectivity index (χ2n) is 5.82. The van der Waals surface area contributed by atoms with E-state index in [-0.39, 0.29) is 5.91 Å². The number of amides is 1. The lowest BCUT2D eigenvalue weighted by Crippen LogP contribution is -2.29. The Balaban J connectivity index is 1.52. The molecule has 0 aromatic heterocycles. The van der Waals surface area contributed by atoms with Crippen LogP contribution in [0.2, 0.25) is 5.02 Å². The number of carbonyl (C=O) groups excluding carboxylic acids is 1. The van der Waals surface area contributed by atoms with Gasteiger partial charge in [0.1, 0.15) is 5.75 Å². The minimum absolute atomic E-state index is 0.0764. The molecule has 1 amide bonds. The summed E-state index contributed by atoms with van der Waals surface area (Å²) in [5, 5.41) is 6.99.